The van der Waals surface area contributed by atoms with E-state index in [1.165, 1.54) is 11.0 Å². The maximum atomic E-state index is 13.4. The smallest absolute Gasteiger partial charge is 0.316 e. The van der Waals surface area contributed by atoms with E-state index >= 15 is 0 Å². The molecule has 1 aromatic rings. The Morgan fingerprint density at radius 3 is 2.79 bits per heavy atom. The molecule has 2 amide bonds. The quantitative estimate of drug-likeness (QED) is 0.612. The Balaban J connectivity index is 1.74. The first-order chi connectivity index (χ1) is 11.5. The minimum Gasteiger partial charge on any atom is -0.455 e. The fourth-order valence-electron chi connectivity index (χ4n) is 2.41. The topological polar surface area (TPSA) is 89.7 Å². The second kappa shape index (κ2) is 8.68. The number of hydrogen-bond acceptors (Lipinski definition) is 5. The average molecular weight is 354 g/mol. The number of nitrogens with zero attached hydrogens (tertiary/aromatic N) is 1. The summed E-state index contributed by atoms with van der Waals surface area (Å²) in [5, 5.41) is 0. The van der Waals surface area contributed by atoms with E-state index in [1.54, 1.807) is 18.2 Å². The summed E-state index contributed by atoms with van der Waals surface area (Å²) in [4.78, 5) is 36.7. The van der Waals surface area contributed by atoms with Gasteiger partial charge in [0.2, 0.25) is 5.91 Å². The van der Waals surface area contributed by atoms with Crippen molar-refractivity contribution in [1.82, 2.24) is 4.90 Å². The summed E-state index contributed by atoms with van der Waals surface area (Å²) in [5.74, 6) is -2.22. The highest BCUT2D eigenvalue weighted by molar-refractivity contribution is 8.00. The number of amides is 2. The molecule has 8 heteroatoms. The minimum atomic E-state index is -0.597. The van der Waals surface area contributed by atoms with E-state index in [9.17, 15) is 18.8 Å². The summed E-state index contributed by atoms with van der Waals surface area (Å²) in [6.07, 6.45) is 1.36. The first-order valence-electron chi connectivity index (χ1n) is 7.57. The molecule has 6 nitrogen and oxygen atoms in total. The molecule has 0 radical (unpaired) electrons. The van der Waals surface area contributed by atoms with Crippen molar-refractivity contribution in [3.05, 3.63) is 30.1 Å². The van der Waals surface area contributed by atoms with Crippen LogP contribution in [-0.2, 0) is 19.1 Å². The van der Waals surface area contributed by atoms with Crippen LogP contribution < -0.4 is 5.73 Å². The largest absolute Gasteiger partial charge is 0.455 e. The zero-order chi connectivity index (χ0) is 17.5. The van der Waals surface area contributed by atoms with Crippen LogP contribution in [0.25, 0.3) is 0 Å². The van der Waals surface area contributed by atoms with Crippen molar-refractivity contribution in [3.63, 3.8) is 0 Å². The Kier molecular flexibility index (Phi) is 6.60. The van der Waals surface area contributed by atoms with Crippen LogP contribution in [0.5, 0.6) is 0 Å². The third kappa shape index (κ3) is 5.23. The molecule has 24 heavy (non-hydrogen) atoms. The van der Waals surface area contributed by atoms with Crippen LogP contribution >= 0.6 is 11.8 Å². The number of carbonyl (C=O) groups excluding carboxylic acids is 3. The monoisotopic (exact) mass is 354 g/mol. The van der Waals surface area contributed by atoms with Crippen LogP contribution in [0.1, 0.15) is 12.8 Å². The minimum absolute atomic E-state index is 0.0852. The second-order valence-corrected chi connectivity index (χ2v) is 6.48. The molecule has 0 saturated carbocycles. The van der Waals surface area contributed by atoms with Gasteiger partial charge in [0.25, 0.3) is 5.91 Å². The zero-order valence-corrected chi connectivity index (χ0v) is 13.9. The lowest BCUT2D eigenvalue weighted by atomic mass is 9.97. The van der Waals surface area contributed by atoms with Gasteiger partial charge in [-0.2, -0.15) is 0 Å². The molecular formula is C16H19FN2O4S. The molecule has 1 fully saturated rings. The van der Waals surface area contributed by atoms with Gasteiger partial charge in [-0.25, -0.2) is 4.39 Å². The van der Waals surface area contributed by atoms with Crippen molar-refractivity contribution in [2.24, 2.45) is 11.7 Å². The predicted octanol–water partition coefficient (Wildman–Crippen LogP) is 1.18. The molecule has 0 bridgehead atoms. The maximum Gasteiger partial charge on any atom is 0.316 e. The van der Waals surface area contributed by atoms with E-state index in [-0.39, 0.29) is 30.7 Å². The molecular weight excluding hydrogens is 335 g/mol. The van der Waals surface area contributed by atoms with Crippen LogP contribution in [0.3, 0.4) is 0 Å². The number of rotatable bonds is 6. The van der Waals surface area contributed by atoms with E-state index in [2.05, 4.69) is 0 Å². The van der Waals surface area contributed by atoms with Gasteiger partial charge in [-0.15, -0.1) is 11.8 Å². The molecule has 1 aliphatic rings. The molecule has 0 aromatic heterocycles. The lowest BCUT2D eigenvalue weighted by Crippen LogP contribution is -2.45. The molecule has 2 rings (SSSR count). The van der Waals surface area contributed by atoms with Crippen molar-refractivity contribution in [3.8, 4) is 0 Å². The number of primary amides is 1. The van der Waals surface area contributed by atoms with Crippen LogP contribution in [0.4, 0.5) is 4.39 Å². The Labute approximate surface area is 143 Å². The Hall–Kier alpha value is -2.09. The summed E-state index contributed by atoms with van der Waals surface area (Å²) in [6, 6.07) is 6.11. The predicted molar refractivity (Wildman–Crippen MR) is 86.6 cm³/mol. The van der Waals surface area contributed by atoms with E-state index in [4.69, 9.17) is 10.5 Å². The first kappa shape index (κ1) is 18.3. The zero-order valence-electron chi connectivity index (χ0n) is 13.1. The van der Waals surface area contributed by atoms with Crippen molar-refractivity contribution in [2.75, 3.05) is 25.4 Å². The summed E-state index contributed by atoms with van der Waals surface area (Å²) < 4.78 is 18.4. The molecule has 0 unspecified atom stereocenters. The Morgan fingerprint density at radius 2 is 2.08 bits per heavy atom. The van der Waals surface area contributed by atoms with Gasteiger partial charge in [0, 0.05) is 18.0 Å². The second-order valence-electron chi connectivity index (χ2n) is 5.46. The normalized spacial score (nSPS) is 17.4. The third-order valence-corrected chi connectivity index (χ3v) is 4.74. The number of nitrogens with two attached hydrogens (primary N) is 1. The van der Waals surface area contributed by atoms with Crippen molar-refractivity contribution in [2.45, 2.75) is 17.7 Å². The van der Waals surface area contributed by atoms with Crippen LogP contribution in [0.2, 0.25) is 0 Å². The maximum absolute atomic E-state index is 13.4. The van der Waals surface area contributed by atoms with Gasteiger partial charge in [0.05, 0.1) is 11.7 Å². The molecule has 2 N–H and O–H groups in total. The van der Waals surface area contributed by atoms with Gasteiger partial charge in [-0.3, -0.25) is 14.4 Å². The fraction of sp³-hybridized carbons (Fsp3) is 0.438. The fourth-order valence-corrected chi connectivity index (χ4v) is 3.15. The average Bonchev–Trinajstić information content (AvgIpc) is 2.59. The standard InChI is InChI=1S/C16H19FN2O4S/c17-12-5-1-2-6-13(12)24-10-15(21)23-9-14(20)19-7-3-4-11(8-19)16(18)22/h1-2,5-6,11H,3-4,7-10H2,(H2,18,22)/t11-/m1/s1. The number of benzene rings is 1. The lowest BCUT2D eigenvalue weighted by molar-refractivity contribution is -0.151. The van der Waals surface area contributed by atoms with Crippen molar-refractivity contribution < 1.29 is 23.5 Å². The van der Waals surface area contributed by atoms with Gasteiger partial charge in [0.1, 0.15) is 5.82 Å². The van der Waals surface area contributed by atoms with E-state index in [0.717, 1.165) is 11.8 Å². The van der Waals surface area contributed by atoms with E-state index in [1.807, 2.05) is 0 Å². The van der Waals surface area contributed by atoms with Crippen LogP contribution in [-0.4, -0.2) is 48.1 Å². The lowest BCUT2D eigenvalue weighted by Gasteiger charge is -2.31. The number of carbonyl (C=O) groups is 3. The number of hydrogen-bond donors (Lipinski definition) is 1. The molecule has 1 heterocycles. The molecule has 0 spiro atoms. The van der Waals surface area contributed by atoms with Gasteiger partial charge in [0.15, 0.2) is 6.61 Å². The van der Waals surface area contributed by atoms with Gasteiger partial charge in [-0.05, 0) is 25.0 Å². The number of halogens is 1. The first-order valence-corrected chi connectivity index (χ1v) is 8.56. The molecule has 0 aliphatic carbocycles. The molecule has 1 aliphatic heterocycles. The Morgan fingerprint density at radius 1 is 1.33 bits per heavy atom. The number of piperidine rings is 1. The summed E-state index contributed by atoms with van der Waals surface area (Å²) in [7, 11) is 0. The highest BCUT2D eigenvalue weighted by Crippen LogP contribution is 2.21. The van der Waals surface area contributed by atoms with Gasteiger partial charge >= 0.3 is 5.97 Å². The molecule has 130 valence electrons. The number of esters is 1. The highest BCUT2D eigenvalue weighted by atomic mass is 32.2. The SMILES string of the molecule is NC(=O)[C@@H]1CCCN(C(=O)COC(=O)CSc2ccccc2F)C1. The van der Waals surface area contributed by atoms with Crippen molar-refractivity contribution >= 4 is 29.5 Å². The molecule has 1 saturated heterocycles. The highest BCUT2D eigenvalue weighted by Gasteiger charge is 2.27. The van der Waals surface area contributed by atoms with Crippen LogP contribution in [0, 0.1) is 11.7 Å². The number of thioether (sulfide) groups is 1. The molecule has 1 aromatic carbocycles. The van der Waals surface area contributed by atoms with E-state index < -0.39 is 17.7 Å². The summed E-state index contributed by atoms with van der Waals surface area (Å²) in [6.45, 7) is 0.391. The third-order valence-electron chi connectivity index (χ3n) is 3.72. The summed E-state index contributed by atoms with van der Waals surface area (Å²) in [5.41, 5.74) is 5.26. The van der Waals surface area contributed by atoms with Gasteiger partial charge in [-0.1, -0.05) is 12.1 Å². The van der Waals surface area contributed by atoms with E-state index in [0.29, 0.717) is 24.3 Å². The Bertz CT molecular complexity index is 626. The number of ether oxygens (including phenoxy) is 1. The molecule has 1 atom stereocenters. The number of likely N-dealkylation sites (tertiary alicyclic amines) is 1. The van der Waals surface area contributed by atoms with Gasteiger partial charge < -0.3 is 15.4 Å². The van der Waals surface area contributed by atoms with Crippen LogP contribution in [0.15, 0.2) is 29.2 Å². The van der Waals surface area contributed by atoms with Crippen molar-refractivity contribution in [1.29, 1.82) is 0 Å². The summed E-state index contributed by atoms with van der Waals surface area (Å²) >= 11 is 1.01.